The molecule has 1 aromatic carbocycles. The number of hydrogen-bond acceptors (Lipinski definition) is 3. The third-order valence-electron chi connectivity index (χ3n) is 4.26. The smallest absolute Gasteiger partial charge is 0.247 e. The van der Waals surface area contributed by atoms with E-state index in [1.54, 1.807) is 6.08 Å². The SMILES string of the molecule is C[C@@H]1CCC[C@@H](C)N1C(=O)/C=C/c1ccc2c(c1)OCO2. The molecule has 0 bridgehead atoms. The zero-order valence-electron chi connectivity index (χ0n) is 12.5. The Kier molecular flexibility index (Phi) is 3.86. The van der Waals surface area contributed by atoms with Gasteiger partial charge in [-0.2, -0.15) is 0 Å². The van der Waals surface area contributed by atoms with Gasteiger partial charge in [0.05, 0.1) is 0 Å². The quantitative estimate of drug-likeness (QED) is 0.784. The van der Waals surface area contributed by atoms with Crippen LogP contribution in [0.25, 0.3) is 6.08 Å². The summed E-state index contributed by atoms with van der Waals surface area (Å²) in [6.07, 6.45) is 6.90. The third-order valence-corrected chi connectivity index (χ3v) is 4.26. The molecule has 2 aliphatic heterocycles. The van der Waals surface area contributed by atoms with Crippen LogP contribution < -0.4 is 9.47 Å². The highest BCUT2D eigenvalue weighted by Crippen LogP contribution is 2.32. The lowest BCUT2D eigenvalue weighted by Crippen LogP contribution is -2.46. The summed E-state index contributed by atoms with van der Waals surface area (Å²) in [5, 5.41) is 0. The van der Waals surface area contributed by atoms with Gasteiger partial charge in [0, 0.05) is 18.2 Å². The van der Waals surface area contributed by atoms with Gasteiger partial charge in [0.15, 0.2) is 11.5 Å². The summed E-state index contributed by atoms with van der Waals surface area (Å²) < 4.78 is 10.6. The maximum atomic E-state index is 12.4. The molecule has 0 aromatic heterocycles. The molecule has 1 fully saturated rings. The Morgan fingerprint density at radius 2 is 1.90 bits per heavy atom. The summed E-state index contributed by atoms with van der Waals surface area (Å²) >= 11 is 0. The van der Waals surface area contributed by atoms with E-state index in [0.717, 1.165) is 29.9 Å². The van der Waals surface area contributed by atoms with Crippen molar-refractivity contribution in [3.8, 4) is 11.5 Å². The monoisotopic (exact) mass is 287 g/mol. The Morgan fingerprint density at radius 1 is 1.19 bits per heavy atom. The lowest BCUT2D eigenvalue weighted by atomic mass is 9.97. The molecular formula is C17H21NO3. The molecule has 1 amide bonds. The highest BCUT2D eigenvalue weighted by Gasteiger charge is 2.27. The molecule has 0 saturated carbocycles. The van der Waals surface area contributed by atoms with Crippen molar-refractivity contribution in [2.45, 2.75) is 45.2 Å². The molecule has 4 heteroatoms. The third kappa shape index (κ3) is 2.89. The highest BCUT2D eigenvalue weighted by molar-refractivity contribution is 5.92. The Bertz CT molecular complexity index is 557. The number of rotatable bonds is 2. The molecule has 3 rings (SSSR count). The predicted octanol–water partition coefficient (Wildman–Crippen LogP) is 3.22. The maximum absolute atomic E-state index is 12.4. The second-order valence-electron chi connectivity index (χ2n) is 5.82. The van der Waals surface area contributed by atoms with E-state index in [4.69, 9.17) is 9.47 Å². The molecule has 112 valence electrons. The largest absolute Gasteiger partial charge is 0.454 e. The number of likely N-dealkylation sites (tertiary alicyclic amines) is 1. The predicted molar refractivity (Wildman–Crippen MR) is 81.2 cm³/mol. The van der Waals surface area contributed by atoms with Crippen molar-refractivity contribution in [1.29, 1.82) is 0 Å². The fourth-order valence-corrected chi connectivity index (χ4v) is 3.13. The van der Waals surface area contributed by atoms with Crippen LogP contribution in [0.2, 0.25) is 0 Å². The molecule has 0 spiro atoms. The van der Waals surface area contributed by atoms with Gasteiger partial charge in [0.25, 0.3) is 0 Å². The van der Waals surface area contributed by atoms with Crippen molar-refractivity contribution < 1.29 is 14.3 Å². The van der Waals surface area contributed by atoms with Crippen LogP contribution in [0.5, 0.6) is 11.5 Å². The van der Waals surface area contributed by atoms with Crippen LogP contribution in [-0.4, -0.2) is 29.7 Å². The van der Waals surface area contributed by atoms with Crippen LogP contribution in [0.1, 0.15) is 38.7 Å². The van der Waals surface area contributed by atoms with Crippen molar-refractivity contribution in [1.82, 2.24) is 4.90 Å². The average molecular weight is 287 g/mol. The lowest BCUT2D eigenvalue weighted by Gasteiger charge is -2.38. The number of carbonyl (C=O) groups is 1. The molecule has 0 radical (unpaired) electrons. The van der Waals surface area contributed by atoms with Crippen LogP contribution in [0, 0.1) is 0 Å². The van der Waals surface area contributed by atoms with Crippen molar-refractivity contribution in [3.63, 3.8) is 0 Å². The second-order valence-corrected chi connectivity index (χ2v) is 5.82. The summed E-state index contributed by atoms with van der Waals surface area (Å²) in [4.78, 5) is 14.4. The number of carbonyl (C=O) groups excluding carboxylic acids is 1. The van der Waals surface area contributed by atoms with Gasteiger partial charge in [0.2, 0.25) is 12.7 Å². The van der Waals surface area contributed by atoms with Gasteiger partial charge in [-0.05, 0) is 56.9 Å². The first kappa shape index (κ1) is 14.0. The molecule has 2 heterocycles. The van der Waals surface area contributed by atoms with E-state index in [2.05, 4.69) is 13.8 Å². The van der Waals surface area contributed by atoms with Gasteiger partial charge in [-0.3, -0.25) is 4.79 Å². The Balaban J connectivity index is 1.71. The summed E-state index contributed by atoms with van der Waals surface area (Å²) in [7, 11) is 0. The van der Waals surface area contributed by atoms with Crippen LogP contribution in [0.4, 0.5) is 0 Å². The molecule has 2 atom stereocenters. The minimum absolute atomic E-state index is 0.0902. The lowest BCUT2D eigenvalue weighted by molar-refractivity contribution is -0.131. The van der Waals surface area contributed by atoms with Crippen LogP contribution in [0.15, 0.2) is 24.3 Å². The first-order valence-electron chi connectivity index (χ1n) is 7.55. The van der Waals surface area contributed by atoms with Gasteiger partial charge >= 0.3 is 0 Å². The number of hydrogen-bond donors (Lipinski definition) is 0. The van der Waals surface area contributed by atoms with E-state index in [9.17, 15) is 4.79 Å². The number of nitrogens with zero attached hydrogens (tertiary/aromatic N) is 1. The number of piperidine rings is 1. The van der Waals surface area contributed by atoms with Gasteiger partial charge < -0.3 is 14.4 Å². The summed E-state index contributed by atoms with van der Waals surface area (Å²) in [5.41, 5.74) is 0.949. The van der Waals surface area contributed by atoms with Crippen molar-refractivity contribution in [2.24, 2.45) is 0 Å². The normalized spacial score (nSPS) is 24.6. The summed E-state index contributed by atoms with van der Waals surface area (Å²) in [6, 6.07) is 6.35. The van der Waals surface area contributed by atoms with E-state index in [-0.39, 0.29) is 12.7 Å². The van der Waals surface area contributed by atoms with E-state index >= 15 is 0 Å². The van der Waals surface area contributed by atoms with Gasteiger partial charge in [0.1, 0.15) is 0 Å². The van der Waals surface area contributed by atoms with Gasteiger partial charge in [-0.25, -0.2) is 0 Å². The number of fused-ring (bicyclic) bond motifs is 1. The average Bonchev–Trinajstić information content (AvgIpc) is 2.92. The number of ether oxygens (including phenoxy) is 2. The maximum Gasteiger partial charge on any atom is 0.247 e. The molecular weight excluding hydrogens is 266 g/mol. The Hall–Kier alpha value is -1.97. The molecule has 21 heavy (non-hydrogen) atoms. The number of amides is 1. The molecule has 0 aliphatic carbocycles. The van der Waals surface area contributed by atoms with E-state index in [1.807, 2.05) is 29.2 Å². The highest BCUT2D eigenvalue weighted by atomic mass is 16.7. The summed E-state index contributed by atoms with van der Waals surface area (Å²) in [6.45, 7) is 4.52. The van der Waals surface area contributed by atoms with Crippen LogP contribution in [0.3, 0.4) is 0 Å². The van der Waals surface area contributed by atoms with Gasteiger partial charge in [-0.15, -0.1) is 0 Å². The Morgan fingerprint density at radius 3 is 2.67 bits per heavy atom. The molecule has 0 N–H and O–H groups in total. The summed E-state index contributed by atoms with van der Waals surface area (Å²) in [5.74, 6) is 1.59. The first-order chi connectivity index (χ1) is 10.1. The van der Waals surface area contributed by atoms with E-state index < -0.39 is 0 Å². The van der Waals surface area contributed by atoms with Gasteiger partial charge in [-0.1, -0.05) is 6.07 Å². The van der Waals surface area contributed by atoms with E-state index in [0.29, 0.717) is 12.1 Å². The van der Waals surface area contributed by atoms with E-state index in [1.165, 1.54) is 6.42 Å². The molecule has 1 saturated heterocycles. The van der Waals surface area contributed by atoms with Crippen LogP contribution >= 0.6 is 0 Å². The van der Waals surface area contributed by atoms with Crippen molar-refractivity contribution in [2.75, 3.05) is 6.79 Å². The van der Waals surface area contributed by atoms with Crippen molar-refractivity contribution >= 4 is 12.0 Å². The second kappa shape index (κ2) is 5.80. The Labute approximate surface area is 125 Å². The molecule has 4 nitrogen and oxygen atoms in total. The number of benzene rings is 1. The van der Waals surface area contributed by atoms with Crippen molar-refractivity contribution in [3.05, 3.63) is 29.8 Å². The zero-order chi connectivity index (χ0) is 14.8. The fourth-order valence-electron chi connectivity index (χ4n) is 3.13. The standard InChI is InChI=1S/C17H21NO3/c1-12-4-3-5-13(2)18(12)17(19)9-7-14-6-8-15-16(10-14)21-11-20-15/h6-10,12-13H,3-5,11H2,1-2H3/b9-7+/t12-,13-/m1/s1. The molecule has 2 aliphatic rings. The topological polar surface area (TPSA) is 38.8 Å². The minimum Gasteiger partial charge on any atom is -0.454 e. The van der Waals surface area contributed by atoms with Crippen LogP contribution in [-0.2, 0) is 4.79 Å². The fraction of sp³-hybridized carbons (Fsp3) is 0.471. The first-order valence-corrected chi connectivity index (χ1v) is 7.55. The molecule has 1 aromatic rings. The molecule has 0 unspecified atom stereocenters. The zero-order valence-corrected chi connectivity index (χ0v) is 12.5. The minimum atomic E-state index is 0.0902.